The number of hydrogen-bond acceptors (Lipinski definition) is 21. The normalized spacial score (nSPS) is 20.9. The number of benzene rings is 2. The van der Waals surface area contributed by atoms with E-state index in [4.69, 9.17) is 47.9 Å². The number of carbonyl (C=O) groups excluding carboxylic acids is 9. The summed E-state index contributed by atoms with van der Waals surface area (Å²) in [5.74, 6) is 2.19. The number of para-hydroxylation sites is 2. The van der Waals surface area contributed by atoms with Gasteiger partial charge in [0, 0.05) is 169 Å². The first-order valence-corrected chi connectivity index (χ1v) is 49.3. The number of fused-ring (bicyclic) bond motifs is 2. The molecule has 14 rings (SSSR count). The summed E-state index contributed by atoms with van der Waals surface area (Å²) < 4.78 is 21.6. The van der Waals surface area contributed by atoms with Crippen LogP contribution in [0.1, 0.15) is 245 Å². The van der Waals surface area contributed by atoms with Gasteiger partial charge in [-0.2, -0.15) is 0 Å². The van der Waals surface area contributed by atoms with Gasteiger partial charge < -0.3 is 84.5 Å². The molecule has 12 heterocycles. The van der Waals surface area contributed by atoms with Gasteiger partial charge in [-0.25, -0.2) is 39.1 Å². The van der Waals surface area contributed by atoms with Crippen molar-refractivity contribution in [3.63, 3.8) is 0 Å². The summed E-state index contributed by atoms with van der Waals surface area (Å²) in [5.41, 5.74) is 7.54. The van der Waals surface area contributed by atoms with Crippen molar-refractivity contribution < 1.29 is 62.1 Å². The highest BCUT2D eigenvalue weighted by molar-refractivity contribution is 9.09. The zero-order valence-corrected chi connectivity index (χ0v) is 82.8. The molecule has 7 atom stereocenters. The van der Waals surface area contributed by atoms with E-state index in [1.165, 1.54) is 6.33 Å². The zero-order valence-electron chi connectivity index (χ0n) is 78.1. The minimum atomic E-state index is -0.504. The van der Waals surface area contributed by atoms with Crippen LogP contribution in [0.25, 0.3) is 22.1 Å². The number of nitrogens with two attached hydrogens (primary N) is 1. The number of H-pyrrole nitrogens is 2. The minimum absolute atomic E-state index is 0. The summed E-state index contributed by atoms with van der Waals surface area (Å²) in [4.78, 5) is 147. The number of hydrogen-bond donors (Lipinski definition) is 5. The molecule has 0 saturated carbocycles. The van der Waals surface area contributed by atoms with E-state index in [9.17, 15) is 43.2 Å². The minimum Gasteiger partial charge on any atom is -0.444 e. The third kappa shape index (κ3) is 37.8. The fourth-order valence-electron chi connectivity index (χ4n) is 16.7. The van der Waals surface area contributed by atoms with E-state index in [0.717, 1.165) is 231 Å². The van der Waals surface area contributed by atoms with Gasteiger partial charge >= 0.3 is 24.4 Å². The first kappa shape index (κ1) is 108. The third-order valence-corrected chi connectivity index (χ3v) is 24.3. The molecule has 0 aliphatic carbocycles. The van der Waals surface area contributed by atoms with Crippen LogP contribution >= 0.6 is 55.1 Å². The molecule has 8 fully saturated rings. The fraction of sp³-hybridized carbons (Fsp3) is 0.656. The summed E-state index contributed by atoms with van der Waals surface area (Å²) in [6.07, 6.45) is 27.7. The quantitative estimate of drug-likeness (QED) is 0.0175. The number of halogens is 4. The molecule has 6 aromatic rings. The number of amides is 7. The van der Waals surface area contributed by atoms with Gasteiger partial charge in [0.25, 0.3) is 0 Å². The van der Waals surface area contributed by atoms with E-state index in [-0.39, 0.29) is 91.0 Å². The first-order chi connectivity index (χ1) is 61.3. The number of nitrogens with one attached hydrogen (secondary N) is 4. The Hall–Kier alpha value is -8.59. The number of ketones is 1. The number of likely N-dealkylation sites (tertiary alicyclic amines) is 7. The molecule has 8 aliphatic rings. The molecule has 4 aromatic heterocycles. The monoisotopic (exact) mass is 1970 g/mol. The molecule has 130 heavy (non-hydrogen) atoms. The number of alkyl halides is 2. The van der Waals surface area contributed by atoms with Gasteiger partial charge in [-0.05, 0) is 265 Å². The average Bonchev–Trinajstić information content (AvgIpc) is 1.60. The molecular formula is C96H147Br2Cl2N17O13. The number of aromatic amines is 2. The maximum atomic E-state index is 13.3. The standard InChI is InChI=1S/C22H26N6O.C21H31N3O3.C16H28BrNO3.C15H26N2O3.C10H20N2O2.C6H4ClN3.C5H8BrClO.CH4/c29-22-19(26-16-6-2-1-3-7-16)9-5-13-28(22)17-8-4-12-27(14-17)21-18-10-11-23-20(18)24-15-25-21;1-21(2,3)27-20(26)23-13-7-11-17(15-23)24-14-8-12-18(19(24)25)22-16-9-5-4-6-10-16;1-16(2,3)21-15(20)18-10-6-7-13(12-18)11-14(19)8-4-5-9-17;1-15(2,3)20-14(19)16-9-6-7-12(11-16)17-10-5-4-8-13(17)18;1-10(2,3)14-9(13)12-6-4-5-8(11)7-12;7-5-4-1-2-8-6(4)10-3-9-5;6-4-2-1-3-5(7)8;/h1-3,6-7,10-11,15,17,19,26H,4-5,8-9,12-14H2,(H,23,24,25);4-6,9-10,17-18,22H,7-8,11-15H2,1-3H3;13H,4-12H2,1-3H3;12H,4-11H2,1-3H3;8H,4-7,11H2,1-3H3;1-3H,(H,8,9,10);1-4H2;1H4/t17-,19?;17-,18?;13-;12-;8-;;;/m11011.../s1. The molecule has 2 aromatic carbocycles. The summed E-state index contributed by atoms with van der Waals surface area (Å²) in [7, 11) is 0. The van der Waals surface area contributed by atoms with E-state index < -0.39 is 22.4 Å². The molecule has 8 aliphatic heterocycles. The van der Waals surface area contributed by atoms with Crippen LogP contribution in [0.4, 0.5) is 36.4 Å². The predicted molar refractivity (Wildman–Crippen MR) is 523 cm³/mol. The van der Waals surface area contributed by atoms with Crippen LogP contribution in [-0.4, -0.2) is 272 Å². The number of carbonyl (C=O) groups is 9. The van der Waals surface area contributed by atoms with Crippen LogP contribution in [0.2, 0.25) is 5.15 Å². The van der Waals surface area contributed by atoms with Gasteiger partial charge in [-0.3, -0.25) is 24.0 Å². The number of Topliss-reactive ketones (excluding diaryl/α,β-unsaturated/α-hetero) is 1. The molecule has 2 unspecified atom stereocenters. The van der Waals surface area contributed by atoms with Crippen LogP contribution < -0.4 is 21.3 Å². The van der Waals surface area contributed by atoms with Gasteiger partial charge in [0.2, 0.25) is 23.0 Å². The topological polar surface area (TPSA) is 350 Å². The lowest BCUT2D eigenvalue weighted by molar-refractivity contribution is -0.138. The fourth-order valence-corrected chi connectivity index (χ4v) is 17.8. The van der Waals surface area contributed by atoms with Crippen molar-refractivity contribution in [2.75, 3.05) is 111 Å². The second-order valence-corrected chi connectivity index (χ2v) is 40.6. The van der Waals surface area contributed by atoms with Crippen LogP contribution in [0.5, 0.6) is 0 Å². The number of piperidine rings is 8. The van der Waals surface area contributed by atoms with E-state index >= 15 is 0 Å². The molecule has 8 saturated heterocycles. The molecule has 30 nitrogen and oxygen atoms in total. The number of nitrogens with zero attached hydrogens (tertiary/aromatic N) is 12. The van der Waals surface area contributed by atoms with Crippen molar-refractivity contribution in [3.8, 4) is 0 Å². The molecule has 0 radical (unpaired) electrons. The number of rotatable bonds is 18. The zero-order chi connectivity index (χ0) is 93.9. The third-order valence-electron chi connectivity index (χ3n) is 22.7. The lowest BCUT2D eigenvalue weighted by Crippen LogP contribution is -2.57. The van der Waals surface area contributed by atoms with Crippen molar-refractivity contribution in [3.05, 3.63) is 103 Å². The number of unbranched alkanes of at least 4 members (excludes halogenated alkanes) is 2. The van der Waals surface area contributed by atoms with Crippen molar-refractivity contribution in [2.45, 2.75) is 303 Å². The molecule has 0 spiro atoms. The lowest BCUT2D eigenvalue weighted by atomic mass is 9.92. The number of aromatic nitrogens is 6. The Morgan fingerprint density at radius 3 is 1.33 bits per heavy atom. The van der Waals surface area contributed by atoms with E-state index in [1.54, 1.807) is 32.1 Å². The van der Waals surface area contributed by atoms with Gasteiger partial charge in [0.15, 0.2) is 0 Å². The highest BCUT2D eigenvalue weighted by Crippen LogP contribution is 2.32. The van der Waals surface area contributed by atoms with Gasteiger partial charge in [0.1, 0.15) is 75.2 Å². The van der Waals surface area contributed by atoms with E-state index in [1.807, 2.05) is 172 Å². The molecular weight excluding hydrogens is 1830 g/mol. The molecule has 0 bridgehead atoms. The Kier molecular flexibility index (Phi) is 45.0. The van der Waals surface area contributed by atoms with E-state index in [2.05, 4.69) is 82.2 Å². The summed E-state index contributed by atoms with van der Waals surface area (Å²) in [6, 6.07) is 24.0. The van der Waals surface area contributed by atoms with Gasteiger partial charge in [-0.1, -0.05) is 87.3 Å². The summed E-state index contributed by atoms with van der Waals surface area (Å²) >= 11 is 17.4. The highest BCUT2D eigenvalue weighted by Gasteiger charge is 2.40. The van der Waals surface area contributed by atoms with E-state index in [0.29, 0.717) is 75.3 Å². The molecule has 722 valence electrons. The van der Waals surface area contributed by atoms with Crippen molar-refractivity contribution in [1.82, 2.24) is 64.2 Å². The summed E-state index contributed by atoms with van der Waals surface area (Å²) in [6.45, 7) is 32.1. The SMILES string of the molecule is C.CC(C)(C)OC(=O)N1CCC[C@@H](CC(=O)CCCCBr)C1.CC(C)(C)OC(=O)N1CCC[C@@H](N)C1.CC(C)(C)OC(=O)N1CCC[C@@H](N2CCCC(Nc3ccccc3)C2=O)C1.CC(C)(C)OC(=O)N1CCC[C@@H](N2CCCCC2=O)C1.Clc1ncnc2[nH]ccc12.O=C(Cl)CCCCBr.O=C1C(Nc2ccccc2)CCCN1[C@@H]1CCCN(c2ncnc3[nH]ccc23)C1. The highest BCUT2D eigenvalue weighted by atomic mass is 79.9. The second kappa shape index (κ2) is 53.9. The Bertz CT molecular complexity index is 4470. The Morgan fingerprint density at radius 2 is 0.869 bits per heavy atom. The number of ether oxygens (including phenoxy) is 4. The largest absolute Gasteiger partial charge is 0.444 e. The van der Waals surface area contributed by atoms with Crippen LogP contribution in [0.15, 0.2) is 97.8 Å². The van der Waals surface area contributed by atoms with Crippen LogP contribution in [0.3, 0.4) is 0 Å². The predicted octanol–water partition coefficient (Wildman–Crippen LogP) is 19.0. The van der Waals surface area contributed by atoms with Gasteiger partial charge in [-0.15, -0.1) is 0 Å². The van der Waals surface area contributed by atoms with Gasteiger partial charge in [0.05, 0.1) is 10.8 Å². The van der Waals surface area contributed by atoms with Crippen molar-refractivity contribution >= 4 is 147 Å². The maximum absolute atomic E-state index is 13.3. The lowest BCUT2D eigenvalue weighted by Gasteiger charge is -2.43. The Morgan fingerprint density at radius 1 is 0.462 bits per heavy atom. The second-order valence-electron chi connectivity index (χ2n) is 38.2. The summed E-state index contributed by atoms with van der Waals surface area (Å²) in [5, 5.41) is 10.9. The number of anilines is 3. The Balaban J connectivity index is 0.000000214. The maximum Gasteiger partial charge on any atom is 0.410 e. The van der Waals surface area contributed by atoms with Crippen molar-refractivity contribution in [2.24, 2.45) is 11.7 Å². The molecule has 7 amide bonds. The molecule has 34 heteroatoms. The van der Waals surface area contributed by atoms with Crippen molar-refractivity contribution in [1.29, 1.82) is 0 Å². The van der Waals surface area contributed by atoms with Crippen LogP contribution in [-0.2, 0) is 42.9 Å². The average molecular weight is 1980 g/mol. The Labute approximate surface area is 797 Å². The molecule has 6 N–H and O–H groups in total. The first-order valence-electron chi connectivity index (χ1n) is 46.3. The smallest absolute Gasteiger partial charge is 0.410 e. The van der Waals surface area contributed by atoms with Crippen LogP contribution in [0, 0.1) is 5.92 Å².